The number of rotatable bonds is 8. The number of hydrogen-bond acceptors (Lipinski definition) is 5. The van der Waals surface area contributed by atoms with Crippen molar-refractivity contribution in [2.45, 2.75) is 13.8 Å². The van der Waals surface area contributed by atoms with Crippen LogP contribution in [0, 0.1) is 6.92 Å². The molecule has 1 aromatic heterocycles. The van der Waals surface area contributed by atoms with Gasteiger partial charge in [0.05, 0.1) is 26.3 Å². The summed E-state index contributed by atoms with van der Waals surface area (Å²) in [6.45, 7) is 4.72. The van der Waals surface area contributed by atoms with Crippen molar-refractivity contribution in [3.63, 3.8) is 0 Å². The first-order valence-corrected chi connectivity index (χ1v) is 12.7. The predicted molar refractivity (Wildman–Crippen MR) is 156 cm³/mol. The molecule has 0 bridgehead atoms. The smallest absolute Gasteiger partial charge is 0.162 e. The van der Waals surface area contributed by atoms with Crippen molar-refractivity contribution in [3.05, 3.63) is 96.6 Å². The van der Waals surface area contributed by atoms with E-state index in [4.69, 9.17) is 19.2 Å². The van der Waals surface area contributed by atoms with Gasteiger partial charge in [-0.3, -0.25) is 0 Å². The molecule has 192 valence electrons. The molecular weight excluding hydrogens is 472 g/mol. The van der Waals surface area contributed by atoms with Gasteiger partial charge in [0.2, 0.25) is 0 Å². The standard InChI is InChI=1S/C33H32N2O3/c1-6-38-26-16-13-24(14-17-26)32-31(23-10-8-7-9-11-23)27-18-12-22(2)20-28(27)34-33(32)35(3)25-15-19-29(36-4)30(21-25)37-5/h7-21H,6H2,1-5H3. The third-order valence-electron chi connectivity index (χ3n) is 6.71. The molecule has 4 aromatic carbocycles. The maximum atomic E-state index is 5.74. The van der Waals surface area contributed by atoms with Gasteiger partial charge >= 0.3 is 0 Å². The van der Waals surface area contributed by atoms with E-state index in [2.05, 4.69) is 66.4 Å². The van der Waals surface area contributed by atoms with Crippen molar-refractivity contribution in [1.29, 1.82) is 0 Å². The van der Waals surface area contributed by atoms with Crippen LogP contribution in [0.25, 0.3) is 33.2 Å². The Morgan fingerprint density at radius 1 is 0.737 bits per heavy atom. The average molecular weight is 505 g/mol. The average Bonchev–Trinajstić information content (AvgIpc) is 2.96. The lowest BCUT2D eigenvalue weighted by Crippen LogP contribution is -2.14. The SMILES string of the molecule is CCOc1ccc(-c2c(N(C)c3ccc(OC)c(OC)c3)nc3cc(C)ccc3c2-c2ccccc2)cc1. The normalized spacial score (nSPS) is 10.9. The van der Waals surface area contributed by atoms with Gasteiger partial charge in [0.1, 0.15) is 11.6 Å². The molecule has 0 unspecified atom stereocenters. The summed E-state index contributed by atoms with van der Waals surface area (Å²) in [4.78, 5) is 7.37. The van der Waals surface area contributed by atoms with E-state index in [0.717, 1.165) is 56.0 Å². The predicted octanol–water partition coefficient (Wildman–Crippen LogP) is 8.06. The van der Waals surface area contributed by atoms with Gasteiger partial charge in [-0.2, -0.15) is 0 Å². The van der Waals surface area contributed by atoms with Crippen LogP contribution < -0.4 is 19.1 Å². The molecule has 0 fully saturated rings. The Morgan fingerprint density at radius 2 is 1.45 bits per heavy atom. The number of hydrogen-bond donors (Lipinski definition) is 0. The lowest BCUT2D eigenvalue weighted by molar-refractivity contribution is 0.340. The molecule has 0 aliphatic heterocycles. The highest BCUT2D eigenvalue weighted by atomic mass is 16.5. The van der Waals surface area contributed by atoms with Crippen LogP contribution in [0.2, 0.25) is 0 Å². The van der Waals surface area contributed by atoms with Gasteiger partial charge in [0, 0.05) is 35.3 Å². The summed E-state index contributed by atoms with van der Waals surface area (Å²) < 4.78 is 16.8. The number of pyridine rings is 1. The number of anilines is 2. The third kappa shape index (κ3) is 4.75. The van der Waals surface area contributed by atoms with Crippen molar-refractivity contribution in [2.24, 2.45) is 0 Å². The van der Waals surface area contributed by atoms with Crippen LogP contribution in [0.3, 0.4) is 0 Å². The second-order valence-electron chi connectivity index (χ2n) is 9.13. The first-order valence-electron chi connectivity index (χ1n) is 12.7. The lowest BCUT2D eigenvalue weighted by atomic mass is 9.90. The highest BCUT2D eigenvalue weighted by Gasteiger charge is 2.22. The minimum atomic E-state index is 0.624. The summed E-state index contributed by atoms with van der Waals surface area (Å²) in [7, 11) is 5.33. The number of benzene rings is 4. The molecule has 0 radical (unpaired) electrons. The largest absolute Gasteiger partial charge is 0.494 e. The summed E-state index contributed by atoms with van der Waals surface area (Å²) in [6.07, 6.45) is 0. The highest BCUT2D eigenvalue weighted by molar-refractivity contribution is 6.07. The van der Waals surface area contributed by atoms with E-state index in [1.807, 2.05) is 50.4 Å². The van der Waals surface area contributed by atoms with Gasteiger partial charge in [-0.05, 0) is 60.9 Å². The first kappa shape index (κ1) is 25.2. The van der Waals surface area contributed by atoms with Crippen LogP contribution in [0.5, 0.6) is 17.2 Å². The van der Waals surface area contributed by atoms with E-state index in [-0.39, 0.29) is 0 Å². The lowest BCUT2D eigenvalue weighted by Gasteiger charge is -2.26. The Morgan fingerprint density at radius 3 is 2.13 bits per heavy atom. The molecule has 5 rings (SSSR count). The fraction of sp³-hybridized carbons (Fsp3) is 0.182. The molecule has 5 nitrogen and oxygen atoms in total. The van der Waals surface area contributed by atoms with Crippen LogP contribution in [-0.4, -0.2) is 32.9 Å². The summed E-state index contributed by atoms with van der Waals surface area (Å²) in [5, 5.41) is 1.11. The zero-order chi connectivity index (χ0) is 26.6. The van der Waals surface area contributed by atoms with Gasteiger partial charge in [-0.1, -0.05) is 54.6 Å². The quantitative estimate of drug-likeness (QED) is 0.214. The fourth-order valence-electron chi connectivity index (χ4n) is 4.82. The van der Waals surface area contributed by atoms with Crippen molar-refractivity contribution < 1.29 is 14.2 Å². The zero-order valence-corrected chi connectivity index (χ0v) is 22.5. The van der Waals surface area contributed by atoms with Crippen LogP contribution >= 0.6 is 0 Å². The van der Waals surface area contributed by atoms with Crippen molar-refractivity contribution >= 4 is 22.4 Å². The number of fused-ring (bicyclic) bond motifs is 1. The van der Waals surface area contributed by atoms with Crippen molar-refractivity contribution in [3.8, 4) is 39.5 Å². The van der Waals surface area contributed by atoms with E-state index in [9.17, 15) is 0 Å². The second-order valence-corrected chi connectivity index (χ2v) is 9.13. The Balaban J connectivity index is 1.83. The molecule has 5 heteroatoms. The Kier molecular flexibility index (Phi) is 7.18. The second kappa shape index (κ2) is 10.9. The van der Waals surface area contributed by atoms with Gasteiger partial charge in [0.25, 0.3) is 0 Å². The Hall–Kier alpha value is -4.51. The topological polar surface area (TPSA) is 43.8 Å². The molecule has 0 aliphatic rings. The van der Waals surface area contributed by atoms with Crippen molar-refractivity contribution in [1.82, 2.24) is 4.98 Å². The molecule has 1 heterocycles. The molecule has 0 aliphatic carbocycles. The number of methoxy groups -OCH3 is 2. The Bertz CT molecular complexity index is 1560. The fourth-order valence-corrected chi connectivity index (χ4v) is 4.82. The third-order valence-corrected chi connectivity index (χ3v) is 6.71. The molecule has 5 aromatic rings. The van der Waals surface area contributed by atoms with Gasteiger partial charge in [0.15, 0.2) is 11.5 Å². The summed E-state index contributed by atoms with van der Waals surface area (Å²) in [5.74, 6) is 3.04. The summed E-state index contributed by atoms with van der Waals surface area (Å²) in [5.41, 5.74) is 7.43. The number of nitrogens with zero attached hydrogens (tertiary/aromatic N) is 2. The van der Waals surface area contributed by atoms with E-state index in [1.165, 1.54) is 0 Å². The monoisotopic (exact) mass is 504 g/mol. The summed E-state index contributed by atoms with van der Waals surface area (Å²) in [6, 6.07) is 31.2. The van der Waals surface area contributed by atoms with Gasteiger partial charge < -0.3 is 19.1 Å². The molecular formula is C33H32N2O3. The van der Waals surface area contributed by atoms with Crippen LogP contribution in [-0.2, 0) is 0 Å². The molecule has 0 spiro atoms. The van der Waals surface area contributed by atoms with E-state index < -0.39 is 0 Å². The van der Waals surface area contributed by atoms with Gasteiger partial charge in [-0.15, -0.1) is 0 Å². The molecule has 0 amide bonds. The molecule has 0 N–H and O–H groups in total. The van der Waals surface area contributed by atoms with E-state index in [0.29, 0.717) is 18.1 Å². The van der Waals surface area contributed by atoms with Crippen molar-refractivity contribution in [2.75, 3.05) is 32.8 Å². The molecule has 0 atom stereocenters. The highest BCUT2D eigenvalue weighted by Crippen LogP contribution is 2.45. The maximum Gasteiger partial charge on any atom is 0.162 e. The number of aryl methyl sites for hydroxylation is 1. The summed E-state index contributed by atoms with van der Waals surface area (Å²) >= 11 is 0. The number of aromatic nitrogens is 1. The van der Waals surface area contributed by atoms with E-state index >= 15 is 0 Å². The van der Waals surface area contributed by atoms with E-state index in [1.54, 1.807) is 14.2 Å². The Labute approximate surface area is 224 Å². The molecule has 0 saturated carbocycles. The van der Waals surface area contributed by atoms with Crippen LogP contribution in [0.15, 0.2) is 91.0 Å². The minimum absolute atomic E-state index is 0.624. The van der Waals surface area contributed by atoms with Crippen LogP contribution in [0.4, 0.5) is 11.5 Å². The minimum Gasteiger partial charge on any atom is -0.494 e. The molecule has 0 saturated heterocycles. The van der Waals surface area contributed by atoms with Gasteiger partial charge in [-0.25, -0.2) is 4.98 Å². The van der Waals surface area contributed by atoms with Crippen LogP contribution in [0.1, 0.15) is 12.5 Å². The molecule has 38 heavy (non-hydrogen) atoms. The zero-order valence-electron chi connectivity index (χ0n) is 22.5. The maximum absolute atomic E-state index is 5.74. The first-order chi connectivity index (χ1) is 18.5. The number of ether oxygens (including phenoxy) is 3.